The normalized spacial score (nSPS) is 13.7. The van der Waals surface area contributed by atoms with Crippen molar-refractivity contribution in [1.82, 2.24) is 0 Å². The zero-order valence-corrected chi connectivity index (χ0v) is 20.0. The first-order valence-electron chi connectivity index (χ1n) is 12.2. The number of carbonyl (C=O) groups is 1. The minimum atomic E-state index is -0.570. The van der Waals surface area contributed by atoms with Gasteiger partial charge >= 0.3 is 5.97 Å². The largest absolute Gasteiger partial charge is 0.492 e. The van der Waals surface area contributed by atoms with Gasteiger partial charge in [0.15, 0.2) is 6.10 Å². The summed E-state index contributed by atoms with van der Waals surface area (Å²) in [5, 5.41) is 0. The van der Waals surface area contributed by atoms with Crippen LogP contribution in [0.15, 0.2) is 48.5 Å². The van der Waals surface area contributed by atoms with Crippen LogP contribution in [-0.4, -0.2) is 51.6 Å². The Labute approximate surface area is 197 Å². The van der Waals surface area contributed by atoms with Crippen molar-refractivity contribution in [3.63, 3.8) is 0 Å². The molecule has 33 heavy (non-hydrogen) atoms. The molecule has 2 aromatic carbocycles. The lowest BCUT2D eigenvalue weighted by Crippen LogP contribution is -2.35. The molecular formula is C27H37NO5. The van der Waals surface area contributed by atoms with Crippen molar-refractivity contribution in [3.05, 3.63) is 54.1 Å². The van der Waals surface area contributed by atoms with Crippen LogP contribution < -0.4 is 14.4 Å². The van der Waals surface area contributed by atoms with E-state index in [0.717, 1.165) is 48.7 Å². The van der Waals surface area contributed by atoms with Gasteiger partial charge in [-0.1, -0.05) is 50.5 Å². The Balaban J connectivity index is 1.47. The van der Waals surface area contributed by atoms with Crippen LogP contribution >= 0.6 is 0 Å². The molecule has 0 saturated heterocycles. The number of fused-ring (bicyclic) bond motifs is 1. The zero-order chi connectivity index (χ0) is 23.3. The average Bonchev–Trinajstić information content (AvgIpc) is 2.84. The van der Waals surface area contributed by atoms with E-state index < -0.39 is 6.10 Å². The van der Waals surface area contributed by atoms with Crippen LogP contribution in [0.4, 0.5) is 5.69 Å². The van der Waals surface area contributed by atoms with Crippen molar-refractivity contribution in [2.75, 3.05) is 44.4 Å². The summed E-state index contributed by atoms with van der Waals surface area (Å²) < 4.78 is 22.8. The summed E-state index contributed by atoms with van der Waals surface area (Å²) in [4.78, 5) is 14.6. The van der Waals surface area contributed by atoms with Crippen LogP contribution in [0.3, 0.4) is 0 Å². The Hall–Kier alpha value is -2.73. The smallest absolute Gasteiger partial charge is 0.335 e. The van der Waals surface area contributed by atoms with Crippen molar-refractivity contribution in [1.29, 1.82) is 0 Å². The topological polar surface area (TPSA) is 57.2 Å². The van der Waals surface area contributed by atoms with Gasteiger partial charge in [-0.2, -0.15) is 0 Å². The zero-order valence-electron chi connectivity index (χ0n) is 20.0. The summed E-state index contributed by atoms with van der Waals surface area (Å²) in [6, 6.07) is 16.0. The Bertz CT molecular complexity index is 839. The van der Waals surface area contributed by atoms with Crippen LogP contribution in [0, 0.1) is 0 Å². The molecule has 1 atom stereocenters. The van der Waals surface area contributed by atoms with Gasteiger partial charge in [0.05, 0.1) is 25.4 Å². The minimum Gasteiger partial charge on any atom is -0.492 e. The summed E-state index contributed by atoms with van der Waals surface area (Å²) >= 11 is 0. The van der Waals surface area contributed by atoms with Gasteiger partial charge in [-0.3, -0.25) is 0 Å². The van der Waals surface area contributed by atoms with Crippen LogP contribution in [0.2, 0.25) is 0 Å². The first-order valence-corrected chi connectivity index (χ1v) is 12.2. The van der Waals surface area contributed by atoms with Crippen LogP contribution in [0.1, 0.15) is 45.1 Å². The van der Waals surface area contributed by atoms with E-state index in [0.29, 0.717) is 32.8 Å². The number of hydrogen-bond donors (Lipinski definition) is 0. The van der Waals surface area contributed by atoms with Crippen molar-refractivity contribution in [3.8, 4) is 11.5 Å². The first kappa shape index (κ1) is 24.9. The van der Waals surface area contributed by atoms with E-state index in [-0.39, 0.29) is 5.97 Å². The number of hydrogen-bond acceptors (Lipinski definition) is 6. The van der Waals surface area contributed by atoms with Gasteiger partial charge in [-0.15, -0.1) is 0 Å². The molecular weight excluding hydrogens is 418 g/mol. The summed E-state index contributed by atoms with van der Waals surface area (Å²) in [7, 11) is 0. The standard InChI is InChI=1S/C27H37NO5/c1-3-5-6-9-18-32-26(27(29)30-4-2)21-22-12-14-23(15-13-22)31-19-16-28-17-20-33-25-11-8-7-10-24(25)28/h7-8,10-15,26H,3-6,9,16-21H2,1-2H3. The van der Waals surface area contributed by atoms with E-state index in [4.69, 9.17) is 18.9 Å². The second-order valence-electron chi connectivity index (χ2n) is 8.17. The Morgan fingerprint density at radius 2 is 1.85 bits per heavy atom. The van der Waals surface area contributed by atoms with E-state index in [1.807, 2.05) is 49.4 Å². The molecule has 0 aliphatic carbocycles. The van der Waals surface area contributed by atoms with E-state index >= 15 is 0 Å². The minimum absolute atomic E-state index is 0.292. The highest BCUT2D eigenvalue weighted by atomic mass is 16.6. The lowest BCUT2D eigenvalue weighted by Gasteiger charge is -2.31. The third-order valence-corrected chi connectivity index (χ3v) is 5.67. The SMILES string of the molecule is CCCCCCOC(Cc1ccc(OCCN2CCOc3ccccc32)cc1)C(=O)OCC. The molecule has 0 spiro atoms. The lowest BCUT2D eigenvalue weighted by atomic mass is 10.1. The van der Waals surface area contributed by atoms with E-state index in [2.05, 4.69) is 17.9 Å². The fourth-order valence-electron chi connectivity index (χ4n) is 3.87. The number of benzene rings is 2. The van der Waals surface area contributed by atoms with Crippen LogP contribution in [0.25, 0.3) is 0 Å². The second kappa shape index (κ2) is 13.7. The molecule has 6 heteroatoms. The van der Waals surface area contributed by atoms with Gasteiger partial charge in [0.1, 0.15) is 24.7 Å². The Morgan fingerprint density at radius 3 is 2.64 bits per heavy atom. The van der Waals surface area contributed by atoms with E-state index in [9.17, 15) is 4.79 Å². The van der Waals surface area contributed by atoms with Crippen molar-refractivity contribution in [2.45, 2.75) is 52.1 Å². The summed E-state index contributed by atoms with van der Waals surface area (Å²) in [5.74, 6) is 1.45. The maximum absolute atomic E-state index is 12.3. The van der Waals surface area contributed by atoms with Gasteiger partial charge in [0.2, 0.25) is 0 Å². The molecule has 1 aliphatic rings. The van der Waals surface area contributed by atoms with Crippen LogP contribution in [0.5, 0.6) is 11.5 Å². The molecule has 1 heterocycles. The molecule has 0 saturated carbocycles. The molecule has 0 bridgehead atoms. The van der Waals surface area contributed by atoms with Gasteiger partial charge in [-0.25, -0.2) is 4.79 Å². The number of carbonyl (C=O) groups excluding carboxylic acids is 1. The first-order chi connectivity index (χ1) is 16.2. The number of esters is 1. The average molecular weight is 456 g/mol. The van der Waals surface area contributed by atoms with Gasteiger partial charge < -0.3 is 23.8 Å². The molecule has 1 unspecified atom stereocenters. The van der Waals surface area contributed by atoms with Crippen molar-refractivity contribution < 1.29 is 23.7 Å². The third kappa shape index (κ3) is 7.97. The molecule has 2 aromatic rings. The molecule has 0 aromatic heterocycles. The van der Waals surface area contributed by atoms with Crippen LogP contribution in [-0.2, 0) is 20.7 Å². The van der Waals surface area contributed by atoms with Crippen molar-refractivity contribution in [2.24, 2.45) is 0 Å². The molecule has 1 aliphatic heterocycles. The number of ether oxygens (including phenoxy) is 4. The summed E-state index contributed by atoms with van der Waals surface area (Å²) in [6.07, 6.45) is 4.37. The fraction of sp³-hybridized carbons (Fsp3) is 0.519. The highest BCUT2D eigenvalue weighted by Gasteiger charge is 2.21. The number of para-hydroxylation sites is 2. The van der Waals surface area contributed by atoms with E-state index in [1.54, 1.807) is 0 Å². The molecule has 0 amide bonds. The predicted molar refractivity (Wildman–Crippen MR) is 130 cm³/mol. The molecule has 0 fully saturated rings. The van der Waals surface area contributed by atoms with Gasteiger partial charge in [0, 0.05) is 13.0 Å². The number of anilines is 1. The molecule has 0 N–H and O–H groups in total. The van der Waals surface area contributed by atoms with Gasteiger partial charge in [-0.05, 0) is 43.2 Å². The predicted octanol–water partition coefficient (Wildman–Crippen LogP) is 5.04. The number of nitrogens with zero attached hydrogens (tertiary/aromatic N) is 1. The quantitative estimate of drug-likeness (QED) is 0.294. The summed E-state index contributed by atoms with van der Waals surface area (Å²) in [5.41, 5.74) is 2.14. The lowest BCUT2D eigenvalue weighted by molar-refractivity contribution is -0.156. The maximum atomic E-state index is 12.3. The molecule has 180 valence electrons. The number of rotatable bonds is 14. The molecule has 6 nitrogen and oxygen atoms in total. The third-order valence-electron chi connectivity index (χ3n) is 5.67. The Morgan fingerprint density at radius 1 is 1.03 bits per heavy atom. The monoisotopic (exact) mass is 455 g/mol. The molecule has 0 radical (unpaired) electrons. The highest BCUT2D eigenvalue weighted by molar-refractivity contribution is 5.75. The fourth-order valence-corrected chi connectivity index (χ4v) is 3.87. The van der Waals surface area contributed by atoms with Gasteiger partial charge in [0.25, 0.3) is 0 Å². The molecule has 3 rings (SSSR count). The number of unbranched alkanes of at least 4 members (excludes halogenated alkanes) is 3. The maximum Gasteiger partial charge on any atom is 0.335 e. The van der Waals surface area contributed by atoms with Crippen molar-refractivity contribution >= 4 is 11.7 Å². The van der Waals surface area contributed by atoms with E-state index in [1.165, 1.54) is 12.8 Å². The Kier molecular flexibility index (Phi) is 10.4. The highest BCUT2D eigenvalue weighted by Crippen LogP contribution is 2.30. The second-order valence-corrected chi connectivity index (χ2v) is 8.17. The summed E-state index contributed by atoms with van der Waals surface area (Å²) in [6.45, 7) is 7.85.